The monoisotopic (exact) mass is 370 g/mol. The highest BCUT2D eigenvalue weighted by molar-refractivity contribution is 7.92. The molecule has 0 bridgehead atoms. The van der Waals surface area contributed by atoms with Gasteiger partial charge < -0.3 is 10.1 Å². The van der Waals surface area contributed by atoms with Crippen molar-refractivity contribution in [2.45, 2.75) is 4.90 Å². The normalized spacial score (nSPS) is 13.8. The number of nitrogens with zero attached hydrogens (tertiary/aromatic N) is 1. The van der Waals surface area contributed by atoms with Gasteiger partial charge in [0.25, 0.3) is 10.0 Å². The largest absolute Gasteiger partial charge is 0.489 e. The second-order valence-electron chi connectivity index (χ2n) is 4.95. The zero-order chi connectivity index (χ0) is 17.3. The third-order valence-electron chi connectivity index (χ3n) is 3.48. The lowest BCUT2D eigenvalue weighted by atomic mass is 10.2. The molecule has 2 aromatic rings. The number of hydrogen-bond donors (Lipinski definition) is 1. The van der Waals surface area contributed by atoms with Crippen LogP contribution in [0.15, 0.2) is 41.3 Å². The Bertz CT molecular complexity index is 904. The van der Waals surface area contributed by atoms with Crippen LogP contribution in [0.25, 0.3) is 0 Å². The minimum absolute atomic E-state index is 0.0782. The minimum Gasteiger partial charge on any atom is -0.489 e. The van der Waals surface area contributed by atoms with Gasteiger partial charge in [-0.05, 0) is 36.4 Å². The van der Waals surface area contributed by atoms with Gasteiger partial charge >= 0.3 is 0 Å². The van der Waals surface area contributed by atoms with E-state index in [1.807, 2.05) is 0 Å². The van der Waals surface area contributed by atoms with Crippen LogP contribution in [0.1, 0.15) is 0 Å². The quantitative estimate of drug-likeness (QED) is 0.839. The summed E-state index contributed by atoms with van der Waals surface area (Å²) in [5.41, 5.74) is 0.708. The lowest BCUT2D eigenvalue weighted by Gasteiger charge is -2.30. The molecule has 1 aliphatic heterocycles. The Morgan fingerprint density at radius 1 is 1.25 bits per heavy atom. The molecule has 0 spiro atoms. The molecule has 2 aromatic carbocycles. The van der Waals surface area contributed by atoms with Gasteiger partial charge in [0.1, 0.15) is 18.2 Å². The SMILES string of the molecule is O=CNc1ccc2c(c1)N(S(=O)(=O)c1ccc(F)c(Cl)c1)CCO2. The summed E-state index contributed by atoms with van der Waals surface area (Å²) < 4.78 is 45.7. The van der Waals surface area contributed by atoms with Crippen molar-refractivity contribution >= 4 is 39.4 Å². The van der Waals surface area contributed by atoms with Gasteiger partial charge in [-0.3, -0.25) is 9.10 Å². The third-order valence-corrected chi connectivity index (χ3v) is 5.58. The molecule has 9 heteroatoms. The van der Waals surface area contributed by atoms with E-state index in [1.165, 1.54) is 6.07 Å². The molecular formula is C15H12ClFN2O4S. The van der Waals surface area contributed by atoms with Crippen molar-refractivity contribution in [3.63, 3.8) is 0 Å². The van der Waals surface area contributed by atoms with E-state index in [4.69, 9.17) is 16.3 Å². The number of amides is 1. The van der Waals surface area contributed by atoms with E-state index in [0.717, 1.165) is 22.5 Å². The first kappa shape index (κ1) is 16.5. The summed E-state index contributed by atoms with van der Waals surface area (Å²) in [5.74, 6) is -0.329. The summed E-state index contributed by atoms with van der Waals surface area (Å²) in [4.78, 5) is 10.5. The first-order valence-electron chi connectivity index (χ1n) is 6.88. The van der Waals surface area contributed by atoms with Crippen LogP contribution in [0.5, 0.6) is 5.75 Å². The van der Waals surface area contributed by atoms with Crippen molar-refractivity contribution < 1.29 is 22.3 Å². The van der Waals surface area contributed by atoms with Gasteiger partial charge in [0.15, 0.2) is 0 Å². The number of benzene rings is 2. The van der Waals surface area contributed by atoms with E-state index in [-0.39, 0.29) is 28.8 Å². The predicted octanol–water partition coefficient (Wildman–Crippen LogP) is 2.64. The number of sulfonamides is 1. The van der Waals surface area contributed by atoms with Gasteiger partial charge in [0.2, 0.25) is 6.41 Å². The number of hydrogen-bond acceptors (Lipinski definition) is 4. The Morgan fingerprint density at radius 2 is 2.04 bits per heavy atom. The molecule has 24 heavy (non-hydrogen) atoms. The van der Waals surface area contributed by atoms with Gasteiger partial charge in [0.05, 0.1) is 22.2 Å². The maximum Gasteiger partial charge on any atom is 0.264 e. The summed E-state index contributed by atoms with van der Waals surface area (Å²) in [6.07, 6.45) is 0.490. The number of ether oxygens (including phenoxy) is 1. The number of fused-ring (bicyclic) bond motifs is 1. The third kappa shape index (κ3) is 2.90. The van der Waals surface area contributed by atoms with Crippen molar-refractivity contribution in [2.75, 3.05) is 22.8 Å². The highest BCUT2D eigenvalue weighted by Crippen LogP contribution is 2.37. The van der Waals surface area contributed by atoms with Crippen LogP contribution in [-0.4, -0.2) is 28.0 Å². The molecule has 6 nitrogen and oxygen atoms in total. The molecule has 0 aromatic heterocycles. The molecule has 0 aliphatic carbocycles. The number of rotatable bonds is 4. The number of anilines is 2. The predicted molar refractivity (Wildman–Crippen MR) is 87.6 cm³/mol. The maximum absolute atomic E-state index is 13.3. The molecular weight excluding hydrogens is 359 g/mol. The average molecular weight is 371 g/mol. The van der Waals surface area contributed by atoms with Crippen LogP contribution in [-0.2, 0) is 14.8 Å². The van der Waals surface area contributed by atoms with E-state index < -0.39 is 15.8 Å². The molecule has 1 heterocycles. The first-order valence-corrected chi connectivity index (χ1v) is 8.70. The van der Waals surface area contributed by atoms with Crippen LogP contribution >= 0.6 is 11.6 Å². The Labute approximate surface area is 142 Å². The molecule has 126 valence electrons. The van der Waals surface area contributed by atoms with Gasteiger partial charge in [-0.2, -0.15) is 0 Å². The average Bonchev–Trinajstić information content (AvgIpc) is 2.57. The van der Waals surface area contributed by atoms with Crippen LogP contribution < -0.4 is 14.4 Å². The van der Waals surface area contributed by atoms with Gasteiger partial charge in [-0.25, -0.2) is 12.8 Å². The maximum atomic E-state index is 13.3. The smallest absolute Gasteiger partial charge is 0.264 e. The molecule has 0 saturated carbocycles. The molecule has 0 atom stereocenters. The van der Waals surface area contributed by atoms with Crippen LogP contribution in [0.4, 0.5) is 15.8 Å². The molecule has 1 N–H and O–H groups in total. The summed E-state index contributed by atoms with van der Waals surface area (Å²) in [5, 5.41) is 2.18. The number of nitrogens with one attached hydrogen (secondary N) is 1. The standard InChI is InChI=1S/C15H12ClFN2O4S/c16-12-8-11(2-3-13(12)17)24(21,22)19-5-6-23-15-4-1-10(18-9-20)7-14(15)19/h1-4,7-9H,5-6H2,(H,18,20). The molecule has 0 fully saturated rings. The Balaban J connectivity index is 2.08. The Hall–Kier alpha value is -2.32. The number of halogens is 2. The molecule has 0 unspecified atom stereocenters. The topological polar surface area (TPSA) is 75.7 Å². The van der Waals surface area contributed by atoms with Crippen LogP contribution in [0.2, 0.25) is 5.02 Å². The Kier molecular flexibility index (Phi) is 4.33. The molecule has 0 saturated heterocycles. The fourth-order valence-corrected chi connectivity index (χ4v) is 4.09. The fraction of sp³-hybridized carbons (Fsp3) is 0.133. The summed E-state index contributed by atoms with van der Waals surface area (Å²) in [6, 6.07) is 7.87. The zero-order valence-corrected chi connectivity index (χ0v) is 13.8. The highest BCUT2D eigenvalue weighted by atomic mass is 35.5. The highest BCUT2D eigenvalue weighted by Gasteiger charge is 2.30. The fourth-order valence-electron chi connectivity index (χ4n) is 2.37. The van der Waals surface area contributed by atoms with Crippen molar-refractivity contribution in [1.82, 2.24) is 0 Å². The Morgan fingerprint density at radius 3 is 2.75 bits per heavy atom. The van der Waals surface area contributed by atoms with E-state index >= 15 is 0 Å². The van der Waals surface area contributed by atoms with Crippen molar-refractivity contribution in [2.24, 2.45) is 0 Å². The van der Waals surface area contributed by atoms with Crippen molar-refractivity contribution in [1.29, 1.82) is 0 Å². The molecule has 1 aliphatic rings. The number of carbonyl (C=O) groups is 1. The van der Waals surface area contributed by atoms with Crippen LogP contribution in [0.3, 0.4) is 0 Å². The summed E-state index contributed by atoms with van der Waals surface area (Å²) in [7, 11) is -3.96. The van der Waals surface area contributed by atoms with E-state index in [9.17, 15) is 17.6 Å². The molecule has 3 rings (SSSR count). The molecule has 1 amide bonds. The van der Waals surface area contributed by atoms with Gasteiger partial charge in [-0.1, -0.05) is 11.6 Å². The zero-order valence-electron chi connectivity index (χ0n) is 12.2. The van der Waals surface area contributed by atoms with E-state index in [2.05, 4.69) is 5.32 Å². The molecule has 0 radical (unpaired) electrons. The second kappa shape index (κ2) is 6.29. The first-order chi connectivity index (χ1) is 11.4. The summed E-state index contributed by atoms with van der Waals surface area (Å²) in [6.45, 7) is 0.247. The van der Waals surface area contributed by atoms with Crippen LogP contribution in [0, 0.1) is 5.82 Å². The summed E-state index contributed by atoms with van der Waals surface area (Å²) >= 11 is 5.69. The van der Waals surface area contributed by atoms with Crippen molar-refractivity contribution in [3.05, 3.63) is 47.2 Å². The van der Waals surface area contributed by atoms with Crippen molar-refractivity contribution in [3.8, 4) is 5.75 Å². The number of carbonyl (C=O) groups excluding carboxylic acids is 1. The minimum atomic E-state index is -3.96. The van der Waals surface area contributed by atoms with E-state index in [0.29, 0.717) is 17.8 Å². The van der Waals surface area contributed by atoms with Gasteiger partial charge in [0, 0.05) is 5.69 Å². The lowest BCUT2D eigenvalue weighted by molar-refractivity contribution is -0.105. The lowest BCUT2D eigenvalue weighted by Crippen LogP contribution is -2.38. The van der Waals surface area contributed by atoms with Gasteiger partial charge in [-0.15, -0.1) is 0 Å². The second-order valence-corrected chi connectivity index (χ2v) is 7.22. The van der Waals surface area contributed by atoms with E-state index in [1.54, 1.807) is 12.1 Å².